The normalized spacial score (nSPS) is 46.4. The van der Waals surface area contributed by atoms with E-state index in [0.717, 1.165) is 37.9 Å². The lowest BCUT2D eigenvalue weighted by molar-refractivity contribution is -0.135. The Morgan fingerprint density at radius 1 is 1.25 bits per heavy atom. The third-order valence-corrected chi connectivity index (χ3v) is 8.79. The van der Waals surface area contributed by atoms with Gasteiger partial charge in [-0.3, -0.25) is 4.79 Å². The summed E-state index contributed by atoms with van der Waals surface area (Å²) in [7, 11) is 1.94. The second-order valence-corrected chi connectivity index (χ2v) is 10.0. The molecule has 150 valence electrons. The molecule has 3 aliphatic carbocycles. The van der Waals surface area contributed by atoms with Gasteiger partial charge in [0.15, 0.2) is 0 Å². The SMILES string of the molecule is CN1C(=O)C=C[C@]2(C)[C@H]3CC[C@]4(C)[C@@H](O)CC[C@H]4[C@@H]3CC(=Cc3ccco3)[C@@H]12. The van der Waals surface area contributed by atoms with E-state index in [1.165, 1.54) is 5.57 Å². The Labute approximate surface area is 167 Å². The van der Waals surface area contributed by atoms with E-state index < -0.39 is 0 Å². The molecule has 1 amide bonds. The van der Waals surface area contributed by atoms with Crippen LogP contribution in [0.1, 0.15) is 51.7 Å². The van der Waals surface area contributed by atoms with Crippen LogP contribution in [-0.4, -0.2) is 35.1 Å². The minimum atomic E-state index is -0.173. The van der Waals surface area contributed by atoms with Crippen molar-refractivity contribution in [1.29, 1.82) is 0 Å². The standard InChI is InChI=1S/C24H31NO3/c1-23-10-8-19-17(18(23)6-7-20(23)26)14-15(13-16-5-4-12-28-16)22-24(19,2)11-9-21(27)25(22)3/h4-5,9,11-13,17-20,22,26H,6-8,10,14H2,1-3H3/t17-,18-,19-,20-,22+,23-,24+/m0/s1. The molecule has 5 rings (SSSR count). The molecule has 1 aromatic rings. The van der Waals surface area contributed by atoms with Gasteiger partial charge in [-0.1, -0.05) is 19.9 Å². The number of carbonyl (C=O) groups is 1. The summed E-state index contributed by atoms with van der Waals surface area (Å²) in [5.74, 6) is 2.58. The van der Waals surface area contributed by atoms with Gasteiger partial charge in [-0.25, -0.2) is 0 Å². The molecular weight excluding hydrogens is 350 g/mol. The molecule has 1 aliphatic heterocycles. The van der Waals surface area contributed by atoms with E-state index in [0.29, 0.717) is 17.8 Å². The van der Waals surface area contributed by atoms with Crippen LogP contribution in [0.4, 0.5) is 0 Å². The van der Waals surface area contributed by atoms with Gasteiger partial charge in [-0.05, 0) is 85.1 Å². The summed E-state index contributed by atoms with van der Waals surface area (Å²) in [6.45, 7) is 4.65. The van der Waals surface area contributed by atoms with Crippen LogP contribution >= 0.6 is 0 Å². The second-order valence-electron chi connectivity index (χ2n) is 10.0. The lowest BCUT2D eigenvalue weighted by Crippen LogP contribution is -2.60. The molecule has 0 saturated heterocycles. The molecule has 0 radical (unpaired) electrons. The summed E-state index contributed by atoms with van der Waals surface area (Å²) >= 11 is 0. The zero-order valence-corrected chi connectivity index (χ0v) is 17.1. The zero-order chi connectivity index (χ0) is 19.7. The first-order valence-electron chi connectivity index (χ1n) is 10.7. The van der Waals surface area contributed by atoms with Gasteiger partial charge < -0.3 is 14.4 Å². The van der Waals surface area contributed by atoms with Crippen molar-refractivity contribution in [3.8, 4) is 0 Å². The summed E-state index contributed by atoms with van der Waals surface area (Å²) in [6, 6.07) is 3.98. The number of carbonyl (C=O) groups excluding carboxylic acids is 1. The number of furan rings is 1. The van der Waals surface area contributed by atoms with Crippen LogP contribution in [0.15, 0.2) is 40.5 Å². The lowest BCUT2D eigenvalue weighted by atomic mass is 9.47. The van der Waals surface area contributed by atoms with Crippen molar-refractivity contribution in [3.05, 3.63) is 41.9 Å². The van der Waals surface area contributed by atoms with Crippen molar-refractivity contribution in [1.82, 2.24) is 4.90 Å². The Balaban J connectivity index is 1.62. The van der Waals surface area contributed by atoms with Gasteiger partial charge in [0.25, 0.3) is 0 Å². The minimum Gasteiger partial charge on any atom is -0.465 e. The fraction of sp³-hybridized carbons (Fsp3) is 0.625. The molecule has 3 saturated carbocycles. The van der Waals surface area contributed by atoms with Crippen LogP contribution < -0.4 is 0 Å². The lowest BCUT2D eigenvalue weighted by Gasteiger charge is -2.60. The van der Waals surface area contributed by atoms with Gasteiger partial charge >= 0.3 is 0 Å². The maximum absolute atomic E-state index is 12.5. The van der Waals surface area contributed by atoms with Gasteiger partial charge in [0.2, 0.25) is 5.91 Å². The van der Waals surface area contributed by atoms with Crippen molar-refractivity contribution in [3.63, 3.8) is 0 Å². The number of aliphatic hydroxyl groups excluding tert-OH is 1. The average Bonchev–Trinajstić information content (AvgIpc) is 3.27. The molecule has 0 unspecified atom stereocenters. The van der Waals surface area contributed by atoms with E-state index in [2.05, 4.69) is 26.0 Å². The summed E-state index contributed by atoms with van der Waals surface area (Å²) in [4.78, 5) is 14.5. The van der Waals surface area contributed by atoms with Gasteiger partial charge in [0.1, 0.15) is 5.76 Å². The number of nitrogens with zero attached hydrogens (tertiary/aromatic N) is 1. The van der Waals surface area contributed by atoms with Crippen molar-refractivity contribution in [2.24, 2.45) is 28.6 Å². The number of fused-ring (bicyclic) bond motifs is 5. The molecule has 4 heteroatoms. The summed E-state index contributed by atoms with van der Waals surface area (Å²) in [5.41, 5.74) is 1.27. The molecule has 2 heterocycles. The molecule has 28 heavy (non-hydrogen) atoms. The highest BCUT2D eigenvalue weighted by Gasteiger charge is 2.61. The number of rotatable bonds is 1. The van der Waals surface area contributed by atoms with E-state index in [1.807, 2.05) is 24.1 Å². The second kappa shape index (κ2) is 6.09. The van der Waals surface area contributed by atoms with E-state index in [1.54, 1.807) is 12.3 Å². The predicted molar refractivity (Wildman–Crippen MR) is 108 cm³/mol. The topological polar surface area (TPSA) is 53.7 Å². The molecule has 0 bridgehead atoms. The monoisotopic (exact) mass is 381 g/mol. The third-order valence-electron chi connectivity index (χ3n) is 8.79. The Hall–Kier alpha value is -1.81. The zero-order valence-electron chi connectivity index (χ0n) is 17.1. The molecule has 7 atom stereocenters. The molecule has 4 nitrogen and oxygen atoms in total. The van der Waals surface area contributed by atoms with Gasteiger partial charge in [0, 0.05) is 12.5 Å². The molecule has 0 spiro atoms. The Morgan fingerprint density at radius 2 is 2.07 bits per heavy atom. The first kappa shape index (κ1) is 18.2. The number of likely N-dealkylation sites (N-methyl/N-ethyl adjacent to an activating group) is 1. The molecule has 0 aromatic carbocycles. The Kier molecular flexibility index (Phi) is 3.97. The number of hydrogen-bond acceptors (Lipinski definition) is 3. The first-order chi connectivity index (χ1) is 13.3. The van der Waals surface area contributed by atoms with E-state index in [-0.39, 0.29) is 28.9 Å². The van der Waals surface area contributed by atoms with Gasteiger partial charge in [0.05, 0.1) is 18.4 Å². The van der Waals surface area contributed by atoms with E-state index in [9.17, 15) is 9.90 Å². The number of hydrogen-bond donors (Lipinski definition) is 1. The van der Waals surface area contributed by atoms with Crippen molar-refractivity contribution in [2.45, 2.75) is 58.1 Å². The summed E-state index contributed by atoms with van der Waals surface area (Å²) in [6.07, 6.45) is 12.9. The highest BCUT2D eigenvalue weighted by atomic mass is 16.3. The highest BCUT2D eigenvalue weighted by Crippen LogP contribution is 2.64. The molecule has 4 aliphatic rings. The fourth-order valence-electron chi connectivity index (χ4n) is 7.37. The number of aliphatic hydroxyl groups is 1. The maximum Gasteiger partial charge on any atom is 0.246 e. The van der Waals surface area contributed by atoms with Crippen LogP contribution in [0.5, 0.6) is 0 Å². The van der Waals surface area contributed by atoms with Crippen molar-refractivity contribution >= 4 is 12.0 Å². The van der Waals surface area contributed by atoms with Crippen LogP contribution in [0, 0.1) is 28.6 Å². The third kappa shape index (κ3) is 2.36. The summed E-state index contributed by atoms with van der Waals surface area (Å²) in [5, 5.41) is 10.7. The maximum atomic E-state index is 12.5. The van der Waals surface area contributed by atoms with Gasteiger partial charge in [-0.2, -0.15) is 0 Å². The highest BCUT2D eigenvalue weighted by molar-refractivity contribution is 5.89. The summed E-state index contributed by atoms with van der Waals surface area (Å²) < 4.78 is 5.63. The van der Waals surface area contributed by atoms with Crippen LogP contribution in [-0.2, 0) is 4.79 Å². The van der Waals surface area contributed by atoms with Crippen LogP contribution in [0.25, 0.3) is 6.08 Å². The average molecular weight is 382 g/mol. The Bertz CT molecular complexity index is 840. The number of amides is 1. The molecule has 3 fully saturated rings. The molecule has 1 N–H and O–H groups in total. The van der Waals surface area contributed by atoms with Crippen molar-refractivity contribution < 1.29 is 14.3 Å². The van der Waals surface area contributed by atoms with Crippen molar-refractivity contribution in [2.75, 3.05) is 7.05 Å². The fourth-order valence-corrected chi connectivity index (χ4v) is 7.37. The van der Waals surface area contributed by atoms with E-state index >= 15 is 0 Å². The molecule has 1 aromatic heterocycles. The first-order valence-corrected chi connectivity index (χ1v) is 10.7. The van der Waals surface area contributed by atoms with E-state index in [4.69, 9.17) is 4.42 Å². The largest absolute Gasteiger partial charge is 0.465 e. The van der Waals surface area contributed by atoms with Crippen LogP contribution in [0.2, 0.25) is 0 Å². The predicted octanol–water partition coefficient (Wildman–Crippen LogP) is 4.27. The smallest absolute Gasteiger partial charge is 0.246 e. The van der Waals surface area contributed by atoms with Crippen LogP contribution in [0.3, 0.4) is 0 Å². The minimum absolute atomic E-state index is 0.0419. The van der Waals surface area contributed by atoms with Gasteiger partial charge in [-0.15, -0.1) is 0 Å². The Morgan fingerprint density at radius 3 is 2.82 bits per heavy atom. The molecular formula is C24H31NO3. The quantitative estimate of drug-likeness (QED) is 0.790.